The SMILES string of the molecule is CC(=O)c1cc(F)c(N)c([N+](=O)[O-])c1. The number of rotatable bonds is 2. The largest absolute Gasteiger partial charge is 0.391 e. The third-order valence-electron chi connectivity index (χ3n) is 1.71. The van der Waals surface area contributed by atoms with Crippen LogP contribution in [0.3, 0.4) is 0 Å². The summed E-state index contributed by atoms with van der Waals surface area (Å²) in [4.78, 5) is 20.4. The Morgan fingerprint density at radius 1 is 1.57 bits per heavy atom. The van der Waals surface area contributed by atoms with Gasteiger partial charge in [0.1, 0.15) is 5.69 Å². The van der Waals surface area contributed by atoms with Gasteiger partial charge in [0.15, 0.2) is 11.6 Å². The molecule has 0 aliphatic heterocycles. The second kappa shape index (κ2) is 3.41. The van der Waals surface area contributed by atoms with Crippen LogP contribution in [0.15, 0.2) is 12.1 Å². The zero-order chi connectivity index (χ0) is 10.9. The van der Waals surface area contributed by atoms with Crippen LogP contribution in [0.5, 0.6) is 0 Å². The fraction of sp³-hybridized carbons (Fsp3) is 0.125. The lowest BCUT2D eigenvalue weighted by molar-refractivity contribution is -0.384. The molecular weight excluding hydrogens is 191 g/mol. The Morgan fingerprint density at radius 2 is 2.14 bits per heavy atom. The standard InChI is InChI=1S/C8H7FN2O3/c1-4(12)5-2-6(9)8(10)7(3-5)11(13)14/h2-3H,10H2,1H3. The van der Waals surface area contributed by atoms with Crippen LogP contribution < -0.4 is 5.73 Å². The second-order valence-electron chi connectivity index (χ2n) is 2.70. The van der Waals surface area contributed by atoms with Crippen molar-refractivity contribution < 1.29 is 14.1 Å². The highest BCUT2D eigenvalue weighted by molar-refractivity contribution is 5.95. The van der Waals surface area contributed by atoms with Gasteiger partial charge in [0.2, 0.25) is 0 Å². The maximum absolute atomic E-state index is 13.0. The van der Waals surface area contributed by atoms with E-state index in [-0.39, 0.29) is 5.56 Å². The molecule has 0 aliphatic rings. The van der Waals surface area contributed by atoms with E-state index >= 15 is 0 Å². The first kappa shape index (κ1) is 10.1. The van der Waals surface area contributed by atoms with Gasteiger partial charge in [-0.15, -0.1) is 0 Å². The molecule has 0 bridgehead atoms. The molecule has 1 aromatic rings. The third-order valence-corrected chi connectivity index (χ3v) is 1.71. The van der Waals surface area contributed by atoms with Crippen LogP contribution in [-0.2, 0) is 0 Å². The molecule has 0 heterocycles. The number of nitrogen functional groups attached to an aromatic ring is 1. The molecule has 0 radical (unpaired) electrons. The van der Waals surface area contributed by atoms with E-state index in [1.165, 1.54) is 6.92 Å². The van der Waals surface area contributed by atoms with Gasteiger partial charge in [-0.1, -0.05) is 0 Å². The van der Waals surface area contributed by atoms with E-state index in [9.17, 15) is 19.3 Å². The number of carbonyl (C=O) groups is 1. The molecule has 5 nitrogen and oxygen atoms in total. The van der Waals surface area contributed by atoms with Crippen molar-refractivity contribution in [3.8, 4) is 0 Å². The highest BCUT2D eigenvalue weighted by Crippen LogP contribution is 2.25. The van der Waals surface area contributed by atoms with Crippen LogP contribution in [0.1, 0.15) is 17.3 Å². The number of halogens is 1. The number of nitro benzene ring substituents is 1. The summed E-state index contributed by atoms with van der Waals surface area (Å²) in [6, 6.07) is 1.84. The lowest BCUT2D eigenvalue weighted by atomic mass is 10.1. The molecule has 0 saturated carbocycles. The van der Waals surface area contributed by atoms with E-state index in [0.717, 1.165) is 12.1 Å². The van der Waals surface area contributed by atoms with Crippen molar-refractivity contribution in [3.05, 3.63) is 33.6 Å². The molecule has 0 aliphatic carbocycles. The predicted octanol–water partition coefficient (Wildman–Crippen LogP) is 1.52. The molecule has 0 atom stereocenters. The van der Waals surface area contributed by atoms with E-state index in [1.54, 1.807) is 0 Å². The van der Waals surface area contributed by atoms with Gasteiger partial charge in [0.05, 0.1) is 4.92 Å². The molecule has 74 valence electrons. The summed E-state index contributed by atoms with van der Waals surface area (Å²) in [5.41, 5.74) is 3.91. The Bertz CT molecular complexity index is 417. The summed E-state index contributed by atoms with van der Waals surface area (Å²) < 4.78 is 13.0. The summed E-state index contributed by atoms with van der Waals surface area (Å²) in [5, 5.41) is 10.4. The Balaban J connectivity index is 3.43. The average molecular weight is 198 g/mol. The summed E-state index contributed by atoms with van der Waals surface area (Å²) in [6.45, 7) is 1.19. The number of ketones is 1. The Hall–Kier alpha value is -1.98. The summed E-state index contributed by atoms with van der Waals surface area (Å²) in [7, 11) is 0. The molecule has 14 heavy (non-hydrogen) atoms. The van der Waals surface area contributed by atoms with Gasteiger partial charge in [-0.25, -0.2) is 4.39 Å². The predicted molar refractivity (Wildman–Crippen MR) is 47.5 cm³/mol. The van der Waals surface area contributed by atoms with Gasteiger partial charge in [-0.05, 0) is 13.0 Å². The maximum atomic E-state index is 13.0. The maximum Gasteiger partial charge on any atom is 0.295 e. The molecule has 0 amide bonds. The van der Waals surface area contributed by atoms with Crippen molar-refractivity contribution in [2.75, 3.05) is 5.73 Å². The van der Waals surface area contributed by atoms with E-state index in [1.807, 2.05) is 0 Å². The van der Waals surface area contributed by atoms with Crippen LogP contribution in [0.4, 0.5) is 15.8 Å². The van der Waals surface area contributed by atoms with Crippen LogP contribution >= 0.6 is 0 Å². The number of nitrogens with zero attached hydrogens (tertiary/aromatic N) is 1. The topological polar surface area (TPSA) is 86.2 Å². The first-order chi connectivity index (χ1) is 6.43. The molecule has 2 N–H and O–H groups in total. The van der Waals surface area contributed by atoms with Gasteiger partial charge < -0.3 is 5.73 Å². The lowest BCUT2D eigenvalue weighted by Gasteiger charge is -2.01. The van der Waals surface area contributed by atoms with Crippen molar-refractivity contribution in [3.63, 3.8) is 0 Å². The molecule has 0 aromatic heterocycles. The Kier molecular flexibility index (Phi) is 2.46. The van der Waals surface area contributed by atoms with Crippen molar-refractivity contribution in [2.45, 2.75) is 6.92 Å². The molecule has 0 fully saturated rings. The number of hydrogen-bond acceptors (Lipinski definition) is 4. The summed E-state index contributed by atoms with van der Waals surface area (Å²) in [5.74, 6) is -1.41. The fourth-order valence-electron chi connectivity index (χ4n) is 0.958. The van der Waals surface area contributed by atoms with Crippen molar-refractivity contribution in [1.82, 2.24) is 0 Å². The van der Waals surface area contributed by atoms with E-state index in [0.29, 0.717) is 0 Å². The minimum Gasteiger partial charge on any atom is -0.391 e. The number of nitro groups is 1. The van der Waals surface area contributed by atoms with Crippen molar-refractivity contribution in [1.29, 1.82) is 0 Å². The van der Waals surface area contributed by atoms with Gasteiger partial charge in [-0.3, -0.25) is 14.9 Å². The summed E-state index contributed by atoms with van der Waals surface area (Å²) in [6.07, 6.45) is 0. The van der Waals surface area contributed by atoms with E-state index in [4.69, 9.17) is 5.73 Å². The van der Waals surface area contributed by atoms with Gasteiger partial charge in [0.25, 0.3) is 5.69 Å². The lowest BCUT2D eigenvalue weighted by Crippen LogP contribution is -2.02. The zero-order valence-electron chi connectivity index (χ0n) is 7.28. The minimum atomic E-state index is -0.954. The average Bonchev–Trinajstić information content (AvgIpc) is 2.08. The van der Waals surface area contributed by atoms with Gasteiger partial charge in [-0.2, -0.15) is 0 Å². The number of carbonyl (C=O) groups excluding carboxylic acids is 1. The molecule has 6 heteroatoms. The number of hydrogen-bond donors (Lipinski definition) is 1. The Labute approximate surface area is 78.5 Å². The van der Waals surface area contributed by atoms with Gasteiger partial charge in [0, 0.05) is 11.6 Å². The third kappa shape index (κ3) is 1.68. The van der Waals surface area contributed by atoms with Crippen molar-refractivity contribution >= 4 is 17.2 Å². The fourth-order valence-corrected chi connectivity index (χ4v) is 0.958. The minimum absolute atomic E-state index is 0.0663. The number of nitrogens with two attached hydrogens (primary N) is 1. The monoisotopic (exact) mass is 198 g/mol. The smallest absolute Gasteiger partial charge is 0.295 e. The first-order valence-corrected chi connectivity index (χ1v) is 3.68. The Morgan fingerprint density at radius 3 is 2.57 bits per heavy atom. The first-order valence-electron chi connectivity index (χ1n) is 3.68. The second-order valence-corrected chi connectivity index (χ2v) is 2.70. The van der Waals surface area contributed by atoms with E-state index in [2.05, 4.69) is 0 Å². The molecule has 1 rings (SSSR count). The molecule has 1 aromatic carbocycles. The molecule has 0 unspecified atom stereocenters. The normalized spacial score (nSPS) is 9.86. The number of anilines is 1. The highest BCUT2D eigenvalue weighted by atomic mass is 19.1. The van der Waals surface area contributed by atoms with Crippen molar-refractivity contribution in [2.24, 2.45) is 0 Å². The number of benzene rings is 1. The number of Topliss-reactive ketones (excluding diaryl/α,β-unsaturated/α-hetero) is 1. The van der Waals surface area contributed by atoms with E-state index < -0.39 is 27.9 Å². The highest BCUT2D eigenvalue weighted by Gasteiger charge is 2.18. The van der Waals surface area contributed by atoms with Crippen LogP contribution in [-0.4, -0.2) is 10.7 Å². The zero-order valence-corrected chi connectivity index (χ0v) is 7.28. The van der Waals surface area contributed by atoms with Crippen LogP contribution in [0, 0.1) is 15.9 Å². The molecule has 0 spiro atoms. The van der Waals surface area contributed by atoms with Gasteiger partial charge >= 0.3 is 0 Å². The quantitative estimate of drug-likeness (QED) is 0.338. The van der Waals surface area contributed by atoms with Crippen LogP contribution in [0.25, 0.3) is 0 Å². The van der Waals surface area contributed by atoms with Crippen LogP contribution in [0.2, 0.25) is 0 Å². The summed E-state index contributed by atoms with van der Waals surface area (Å²) >= 11 is 0. The molecular formula is C8H7FN2O3. The molecule has 0 saturated heterocycles.